The van der Waals surface area contributed by atoms with E-state index in [0.29, 0.717) is 6.54 Å². The van der Waals surface area contributed by atoms with E-state index in [1.54, 1.807) is 32.6 Å². The molecule has 5 nitrogen and oxygen atoms in total. The third-order valence-electron chi connectivity index (χ3n) is 3.74. The zero-order valence-electron chi connectivity index (χ0n) is 12.5. The van der Waals surface area contributed by atoms with Crippen LogP contribution in [0.1, 0.15) is 48.5 Å². The summed E-state index contributed by atoms with van der Waals surface area (Å²) in [5, 5.41) is 12.0. The topological polar surface area (TPSA) is 69.6 Å². The summed E-state index contributed by atoms with van der Waals surface area (Å²) >= 11 is 0. The molecule has 106 valence electrons. The number of carbonyl (C=O) groups excluding carboxylic acids is 1. The molecular weight excluding hydrogens is 232 g/mol. The molecule has 0 aromatic rings. The second-order valence-corrected chi connectivity index (χ2v) is 5.87. The summed E-state index contributed by atoms with van der Waals surface area (Å²) in [6.45, 7) is 13.0. The van der Waals surface area contributed by atoms with Gasteiger partial charge < -0.3 is 15.3 Å². The van der Waals surface area contributed by atoms with E-state index in [9.17, 15) is 14.7 Å². The summed E-state index contributed by atoms with van der Waals surface area (Å²) in [5.41, 5.74) is -1.88. The highest BCUT2D eigenvalue weighted by molar-refractivity contribution is 5.79. The van der Waals surface area contributed by atoms with Crippen molar-refractivity contribution in [1.82, 2.24) is 10.2 Å². The maximum absolute atomic E-state index is 12.1. The first-order chi connectivity index (χ1) is 7.97. The fourth-order valence-electron chi connectivity index (χ4n) is 1.51. The number of carbonyl (C=O) groups is 2. The van der Waals surface area contributed by atoms with Crippen LogP contribution in [0.15, 0.2) is 0 Å². The second kappa shape index (κ2) is 5.59. The van der Waals surface area contributed by atoms with Gasteiger partial charge in [-0.2, -0.15) is 0 Å². The molecule has 2 amide bonds. The van der Waals surface area contributed by atoms with Gasteiger partial charge in [-0.25, -0.2) is 4.79 Å². The fraction of sp³-hybridized carbons (Fsp3) is 0.846. The Morgan fingerprint density at radius 2 is 1.67 bits per heavy atom. The summed E-state index contributed by atoms with van der Waals surface area (Å²) in [7, 11) is 0. The average molecular weight is 258 g/mol. The molecular formula is C13H26N2O3. The maximum Gasteiger partial charge on any atom is 0.318 e. The number of urea groups is 1. The Kier molecular flexibility index (Phi) is 5.20. The molecule has 0 aliphatic carbocycles. The van der Waals surface area contributed by atoms with Gasteiger partial charge in [-0.05, 0) is 48.5 Å². The number of hydrogen-bond acceptors (Lipinski definition) is 2. The molecule has 0 saturated carbocycles. The summed E-state index contributed by atoms with van der Waals surface area (Å²) in [4.78, 5) is 25.0. The lowest BCUT2D eigenvalue weighted by molar-refractivity contribution is -0.150. The Bertz CT molecular complexity index is 322. The number of hydrogen-bond donors (Lipinski definition) is 2. The van der Waals surface area contributed by atoms with Crippen molar-refractivity contribution < 1.29 is 14.7 Å². The standard InChI is InChI=1S/C13H26N2O3/c1-8-15(9(2)3)11(18)14-13(6,7)12(4,5)10(16)17/h9H,8H2,1-7H3,(H,14,18)(H,16,17). The van der Waals surface area contributed by atoms with Crippen LogP contribution in [-0.2, 0) is 4.79 Å². The summed E-state index contributed by atoms with van der Waals surface area (Å²) in [6.07, 6.45) is 0. The lowest BCUT2D eigenvalue weighted by atomic mass is 9.74. The van der Waals surface area contributed by atoms with Crippen molar-refractivity contribution in [2.45, 2.75) is 60.0 Å². The molecule has 0 atom stereocenters. The number of nitrogens with one attached hydrogen (secondary N) is 1. The quantitative estimate of drug-likeness (QED) is 0.795. The van der Waals surface area contributed by atoms with Gasteiger partial charge in [0.05, 0.1) is 11.0 Å². The van der Waals surface area contributed by atoms with Gasteiger partial charge in [0.25, 0.3) is 0 Å². The number of rotatable bonds is 5. The Morgan fingerprint density at radius 1 is 1.22 bits per heavy atom. The first-order valence-corrected chi connectivity index (χ1v) is 6.29. The summed E-state index contributed by atoms with van der Waals surface area (Å²) < 4.78 is 0. The van der Waals surface area contributed by atoms with E-state index in [4.69, 9.17) is 0 Å². The molecule has 0 aliphatic heterocycles. The summed E-state index contributed by atoms with van der Waals surface area (Å²) in [6, 6.07) is -0.148. The number of amides is 2. The predicted molar refractivity (Wildman–Crippen MR) is 71.5 cm³/mol. The Labute approximate surface area is 110 Å². The number of carboxylic acids is 1. The van der Waals surface area contributed by atoms with E-state index in [1.807, 2.05) is 20.8 Å². The highest BCUT2D eigenvalue weighted by atomic mass is 16.4. The minimum Gasteiger partial charge on any atom is -0.481 e. The molecule has 0 radical (unpaired) electrons. The lowest BCUT2D eigenvalue weighted by Gasteiger charge is -2.40. The van der Waals surface area contributed by atoms with Gasteiger partial charge in [0.1, 0.15) is 0 Å². The van der Waals surface area contributed by atoms with Gasteiger partial charge in [-0.3, -0.25) is 4.79 Å². The van der Waals surface area contributed by atoms with Gasteiger partial charge in [0.15, 0.2) is 0 Å². The molecule has 0 heterocycles. The van der Waals surface area contributed by atoms with Crippen LogP contribution in [0.4, 0.5) is 4.79 Å². The molecule has 0 aliphatic rings. The van der Waals surface area contributed by atoms with Crippen LogP contribution in [0.2, 0.25) is 0 Å². The van der Waals surface area contributed by atoms with Crippen LogP contribution >= 0.6 is 0 Å². The molecule has 0 fully saturated rings. The van der Waals surface area contributed by atoms with Crippen molar-refractivity contribution >= 4 is 12.0 Å². The van der Waals surface area contributed by atoms with Crippen molar-refractivity contribution in [2.75, 3.05) is 6.54 Å². The van der Waals surface area contributed by atoms with Gasteiger partial charge in [0, 0.05) is 12.6 Å². The van der Waals surface area contributed by atoms with Crippen LogP contribution in [0.5, 0.6) is 0 Å². The normalized spacial score (nSPS) is 12.4. The third-order valence-corrected chi connectivity index (χ3v) is 3.74. The monoisotopic (exact) mass is 258 g/mol. The number of nitrogens with zero attached hydrogens (tertiary/aromatic N) is 1. The zero-order valence-corrected chi connectivity index (χ0v) is 12.5. The largest absolute Gasteiger partial charge is 0.481 e. The van der Waals surface area contributed by atoms with Crippen LogP contribution < -0.4 is 5.32 Å². The van der Waals surface area contributed by atoms with E-state index in [2.05, 4.69) is 5.32 Å². The van der Waals surface area contributed by atoms with Crippen LogP contribution in [0, 0.1) is 5.41 Å². The highest BCUT2D eigenvalue weighted by Gasteiger charge is 2.45. The van der Waals surface area contributed by atoms with E-state index >= 15 is 0 Å². The van der Waals surface area contributed by atoms with Crippen molar-refractivity contribution in [1.29, 1.82) is 0 Å². The van der Waals surface area contributed by atoms with E-state index < -0.39 is 16.9 Å². The first-order valence-electron chi connectivity index (χ1n) is 6.29. The van der Waals surface area contributed by atoms with Crippen molar-refractivity contribution in [2.24, 2.45) is 5.41 Å². The molecule has 0 spiro atoms. The number of aliphatic carboxylic acids is 1. The molecule has 0 unspecified atom stereocenters. The smallest absolute Gasteiger partial charge is 0.318 e. The number of carboxylic acid groups (broad SMARTS) is 1. The molecule has 5 heteroatoms. The molecule has 0 bridgehead atoms. The Hall–Kier alpha value is -1.26. The fourth-order valence-corrected chi connectivity index (χ4v) is 1.51. The average Bonchev–Trinajstić information content (AvgIpc) is 2.16. The van der Waals surface area contributed by atoms with E-state index in [1.165, 1.54) is 0 Å². The van der Waals surface area contributed by atoms with Crippen molar-refractivity contribution in [3.8, 4) is 0 Å². The molecule has 0 rings (SSSR count). The van der Waals surface area contributed by atoms with Crippen LogP contribution in [0.25, 0.3) is 0 Å². The van der Waals surface area contributed by atoms with Gasteiger partial charge in [-0.15, -0.1) is 0 Å². The van der Waals surface area contributed by atoms with Crippen molar-refractivity contribution in [3.05, 3.63) is 0 Å². The van der Waals surface area contributed by atoms with Gasteiger partial charge in [0.2, 0.25) is 0 Å². The van der Waals surface area contributed by atoms with E-state index in [0.717, 1.165) is 0 Å². The van der Waals surface area contributed by atoms with Crippen molar-refractivity contribution in [3.63, 3.8) is 0 Å². The summed E-state index contributed by atoms with van der Waals surface area (Å²) in [5.74, 6) is -0.930. The van der Waals surface area contributed by atoms with Gasteiger partial charge in [-0.1, -0.05) is 0 Å². The predicted octanol–water partition coefficient (Wildman–Crippen LogP) is 2.32. The maximum atomic E-state index is 12.1. The Balaban J connectivity index is 4.98. The molecule has 0 aromatic carbocycles. The van der Waals surface area contributed by atoms with Crippen LogP contribution in [0.3, 0.4) is 0 Å². The third kappa shape index (κ3) is 3.37. The first kappa shape index (κ1) is 16.7. The minimum atomic E-state index is -1.04. The van der Waals surface area contributed by atoms with E-state index in [-0.39, 0.29) is 12.1 Å². The molecule has 0 saturated heterocycles. The second-order valence-electron chi connectivity index (χ2n) is 5.87. The molecule has 18 heavy (non-hydrogen) atoms. The highest BCUT2D eigenvalue weighted by Crippen LogP contribution is 2.30. The SMILES string of the molecule is CCN(C(=O)NC(C)(C)C(C)(C)C(=O)O)C(C)C. The molecule has 2 N–H and O–H groups in total. The zero-order chi connectivity index (χ0) is 14.7. The van der Waals surface area contributed by atoms with Crippen LogP contribution in [-0.4, -0.2) is 40.1 Å². The Morgan fingerprint density at radius 3 is 1.94 bits per heavy atom. The minimum absolute atomic E-state index is 0.0822. The lowest BCUT2D eigenvalue weighted by Crippen LogP contribution is -2.60. The van der Waals surface area contributed by atoms with Gasteiger partial charge >= 0.3 is 12.0 Å². The molecule has 0 aromatic heterocycles.